The van der Waals surface area contributed by atoms with Gasteiger partial charge in [-0.05, 0) is 49.9 Å². The van der Waals surface area contributed by atoms with E-state index in [0.29, 0.717) is 23.6 Å². The second-order valence-electron chi connectivity index (χ2n) is 6.58. The van der Waals surface area contributed by atoms with Gasteiger partial charge >= 0.3 is 11.8 Å². The van der Waals surface area contributed by atoms with Gasteiger partial charge in [-0.25, -0.2) is 0 Å². The first-order chi connectivity index (χ1) is 12.3. The van der Waals surface area contributed by atoms with Crippen molar-refractivity contribution in [3.05, 3.63) is 64.7 Å². The molecule has 2 amide bonds. The molecule has 0 aliphatic heterocycles. The van der Waals surface area contributed by atoms with E-state index in [0.717, 1.165) is 11.1 Å². The van der Waals surface area contributed by atoms with Crippen molar-refractivity contribution in [2.24, 2.45) is 0 Å². The van der Waals surface area contributed by atoms with Crippen LogP contribution in [0.15, 0.2) is 48.5 Å². The SMILES string of the molecule is Cc1ccc(Cl)cc1NC(=O)C(=O)NCC(C)(O)CCc1ccccc1. The predicted octanol–water partition coefficient (Wildman–Crippen LogP) is 3.09. The number of halogens is 1. The molecule has 2 aromatic carbocycles. The van der Waals surface area contributed by atoms with E-state index in [2.05, 4.69) is 10.6 Å². The summed E-state index contributed by atoms with van der Waals surface area (Å²) in [5.41, 5.74) is 1.27. The summed E-state index contributed by atoms with van der Waals surface area (Å²) >= 11 is 5.90. The van der Waals surface area contributed by atoms with Crippen LogP contribution in [0.5, 0.6) is 0 Å². The molecule has 2 rings (SSSR count). The fourth-order valence-electron chi connectivity index (χ4n) is 2.41. The van der Waals surface area contributed by atoms with Gasteiger partial charge in [0.1, 0.15) is 0 Å². The zero-order valence-electron chi connectivity index (χ0n) is 14.9. The van der Waals surface area contributed by atoms with Gasteiger partial charge in [-0.15, -0.1) is 0 Å². The molecule has 1 atom stereocenters. The van der Waals surface area contributed by atoms with Crippen LogP contribution in [0.3, 0.4) is 0 Å². The minimum atomic E-state index is -1.11. The number of rotatable bonds is 6. The Labute approximate surface area is 158 Å². The number of nitrogens with one attached hydrogen (secondary N) is 2. The quantitative estimate of drug-likeness (QED) is 0.680. The van der Waals surface area contributed by atoms with Crippen molar-refractivity contribution in [1.82, 2.24) is 5.32 Å². The Kier molecular flexibility index (Phi) is 6.77. The number of hydrogen-bond donors (Lipinski definition) is 3. The molecule has 1 unspecified atom stereocenters. The summed E-state index contributed by atoms with van der Waals surface area (Å²) in [5, 5.41) is 15.9. The van der Waals surface area contributed by atoms with E-state index in [9.17, 15) is 14.7 Å². The lowest BCUT2D eigenvalue weighted by Gasteiger charge is -2.23. The summed E-state index contributed by atoms with van der Waals surface area (Å²) in [6.45, 7) is 3.42. The Bertz CT molecular complexity index is 776. The largest absolute Gasteiger partial charge is 0.388 e. The average Bonchev–Trinajstić information content (AvgIpc) is 2.62. The zero-order chi connectivity index (χ0) is 19.2. The monoisotopic (exact) mass is 374 g/mol. The molecule has 0 fully saturated rings. The zero-order valence-corrected chi connectivity index (χ0v) is 15.6. The Morgan fingerprint density at radius 2 is 1.81 bits per heavy atom. The third kappa shape index (κ3) is 6.17. The van der Waals surface area contributed by atoms with Gasteiger partial charge in [0.25, 0.3) is 0 Å². The maximum Gasteiger partial charge on any atom is 0.313 e. The fourth-order valence-corrected chi connectivity index (χ4v) is 2.58. The average molecular weight is 375 g/mol. The normalized spacial score (nSPS) is 12.9. The Morgan fingerprint density at radius 1 is 1.12 bits per heavy atom. The third-order valence-corrected chi connectivity index (χ3v) is 4.31. The Hall–Kier alpha value is -2.37. The number of anilines is 1. The highest BCUT2D eigenvalue weighted by Crippen LogP contribution is 2.20. The number of aliphatic hydroxyl groups is 1. The minimum Gasteiger partial charge on any atom is -0.388 e. The number of carbonyl (C=O) groups is 2. The van der Waals surface area contributed by atoms with Crippen LogP contribution in [0.2, 0.25) is 5.02 Å². The first-order valence-electron chi connectivity index (χ1n) is 8.38. The first-order valence-corrected chi connectivity index (χ1v) is 8.76. The van der Waals surface area contributed by atoms with Gasteiger partial charge in [0, 0.05) is 17.3 Å². The lowest BCUT2D eigenvalue weighted by atomic mass is 9.97. The van der Waals surface area contributed by atoms with E-state index >= 15 is 0 Å². The van der Waals surface area contributed by atoms with Crippen LogP contribution in [0.25, 0.3) is 0 Å². The van der Waals surface area contributed by atoms with Gasteiger partial charge < -0.3 is 15.7 Å². The molecule has 0 aliphatic carbocycles. The molecule has 6 heteroatoms. The van der Waals surface area contributed by atoms with Gasteiger partial charge in [0.15, 0.2) is 0 Å². The summed E-state index contributed by atoms with van der Waals surface area (Å²) in [4.78, 5) is 24.0. The molecule has 3 N–H and O–H groups in total. The van der Waals surface area contributed by atoms with Gasteiger partial charge in [0.2, 0.25) is 0 Å². The van der Waals surface area contributed by atoms with E-state index in [1.807, 2.05) is 30.3 Å². The second kappa shape index (κ2) is 8.83. The molecular formula is C20H23ClN2O3. The summed E-state index contributed by atoms with van der Waals surface area (Å²) in [6, 6.07) is 14.8. The molecule has 0 aliphatic rings. The molecule has 0 heterocycles. The summed E-state index contributed by atoms with van der Waals surface area (Å²) in [5.74, 6) is -1.60. The molecule has 26 heavy (non-hydrogen) atoms. The molecule has 2 aromatic rings. The van der Waals surface area contributed by atoms with Gasteiger partial charge in [-0.3, -0.25) is 9.59 Å². The Morgan fingerprint density at radius 3 is 2.50 bits per heavy atom. The van der Waals surface area contributed by atoms with Gasteiger partial charge in [-0.2, -0.15) is 0 Å². The van der Waals surface area contributed by atoms with E-state index in [-0.39, 0.29) is 6.54 Å². The minimum absolute atomic E-state index is 0.0133. The molecule has 0 bridgehead atoms. The summed E-state index contributed by atoms with van der Waals surface area (Å²) in [7, 11) is 0. The molecule has 0 saturated heterocycles. The van der Waals surface area contributed by atoms with E-state index < -0.39 is 17.4 Å². The molecule has 0 saturated carbocycles. The fraction of sp³-hybridized carbons (Fsp3) is 0.300. The summed E-state index contributed by atoms with van der Waals surface area (Å²) in [6.07, 6.45) is 1.14. The highest BCUT2D eigenvalue weighted by atomic mass is 35.5. The van der Waals surface area contributed by atoms with E-state index in [1.54, 1.807) is 32.0 Å². The van der Waals surface area contributed by atoms with Crippen LogP contribution < -0.4 is 10.6 Å². The van der Waals surface area contributed by atoms with Crippen molar-refractivity contribution in [2.45, 2.75) is 32.3 Å². The number of carbonyl (C=O) groups excluding carboxylic acids is 2. The highest BCUT2D eigenvalue weighted by molar-refractivity contribution is 6.40. The standard InChI is InChI=1S/C20H23ClN2O3/c1-14-8-9-16(21)12-17(14)23-19(25)18(24)22-13-20(2,26)11-10-15-6-4-3-5-7-15/h3-9,12,26H,10-11,13H2,1-2H3,(H,22,24)(H,23,25). The maximum absolute atomic E-state index is 12.0. The highest BCUT2D eigenvalue weighted by Gasteiger charge is 2.23. The van der Waals surface area contributed by atoms with Crippen LogP contribution in [0, 0.1) is 6.92 Å². The van der Waals surface area contributed by atoms with Crippen LogP contribution in [0.4, 0.5) is 5.69 Å². The lowest BCUT2D eigenvalue weighted by Crippen LogP contribution is -2.44. The molecule has 0 aromatic heterocycles. The van der Waals surface area contributed by atoms with Crippen LogP contribution in [-0.2, 0) is 16.0 Å². The maximum atomic E-state index is 12.0. The number of benzene rings is 2. The molecular weight excluding hydrogens is 352 g/mol. The van der Waals surface area contributed by atoms with Crippen molar-refractivity contribution >= 4 is 29.1 Å². The molecule has 5 nitrogen and oxygen atoms in total. The van der Waals surface area contributed by atoms with Crippen molar-refractivity contribution in [2.75, 3.05) is 11.9 Å². The van der Waals surface area contributed by atoms with Crippen molar-refractivity contribution < 1.29 is 14.7 Å². The first kappa shape index (κ1) is 19.9. The van der Waals surface area contributed by atoms with Crippen molar-refractivity contribution in [3.8, 4) is 0 Å². The topological polar surface area (TPSA) is 78.4 Å². The van der Waals surface area contributed by atoms with Gasteiger partial charge in [-0.1, -0.05) is 48.0 Å². The second-order valence-corrected chi connectivity index (χ2v) is 7.02. The summed E-state index contributed by atoms with van der Waals surface area (Å²) < 4.78 is 0. The van der Waals surface area contributed by atoms with Crippen LogP contribution in [-0.4, -0.2) is 29.1 Å². The molecule has 0 spiro atoms. The van der Waals surface area contributed by atoms with Gasteiger partial charge in [0.05, 0.1) is 5.60 Å². The number of aryl methyl sites for hydroxylation is 2. The number of amides is 2. The van der Waals surface area contributed by atoms with Crippen molar-refractivity contribution in [3.63, 3.8) is 0 Å². The van der Waals surface area contributed by atoms with Crippen molar-refractivity contribution in [1.29, 1.82) is 0 Å². The lowest BCUT2D eigenvalue weighted by molar-refractivity contribution is -0.136. The number of hydrogen-bond acceptors (Lipinski definition) is 3. The molecule has 0 radical (unpaired) electrons. The van der Waals surface area contributed by atoms with Crippen LogP contribution in [0.1, 0.15) is 24.5 Å². The molecule has 138 valence electrons. The van der Waals surface area contributed by atoms with Crippen LogP contribution >= 0.6 is 11.6 Å². The predicted molar refractivity (Wildman–Crippen MR) is 103 cm³/mol. The smallest absolute Gasteiger partial charge is 0.313 e. The third-order valence-electron chi connectivity index (χ3n) is 4.08. The van der Waals surface area contributed by atoms with E-state index in [4.69, 9.17) is 11.6 Å². The Balaban J connectivity index is 1.84. The van der Waals surface area contributed by atoms with E-state index in [1.165, 1.54) is 0 Å².